The lowest BCUT2D eigenvalue weighted by atomic mass is 9.96. The molecule has 0 spiro atoms. The highest BCUT2D eigenvalue weighted by Crippen LogP contribution is 2.34. The monoisotopic (exact) mass is 274 g/mol. The molecule has 20 heavy (non-hydrogen) atoms. The van der Waals surface area contributed by atoms with Gasteiger partial charge in [-0.15, -0.1) is 0 Å². The Morgan fingerprint density at radius 1 is 1.25 bits per heavy atom. The van der Waals surface area contributed by atoms with Gasteiger partial charge in [-0.1, -0.05) is 0 Å². The second kappa shape index (κ2) is 5.00. The Morgan fingerprint density at radius 3 is 2.40 bits per heavy atom. The van der Waals surface area contributed by atoms with Crippen LogP contribution in [0.25, 0.3) is 11.3 Å². The summed E-state index contributed by atoms with van der Waals surface area (Å²) in [5, 5.41) is 13.0. The van der Waals surface area contributed by atoms with Crippen molar-refractivity contribution < 1.29 is 14.6 Å². The molecule has 0 radical (unpaired) electrons. The second-order valence-electron chi connectivity index (χ2n) is 4.87. The van der Waals surface area contributed by atoms with Gasteiger partial charge in [0.15, 0.2) is 5.69 Å². The fourth-order valence-electron chi connectivity index (χ4n) is 2.46. The molecule has 0 aliphatic rings. The summed E-state index contributed by atoms with van der Waals surface area (Å²) in [5.41, 5.74) is 4.95. The fourth-order valence-corrected chi connectivity index (χ4v) is 2.46. The zero-order chi connectivity index (χ0) is 15.0. The number of ether oxygens (including phenoxy) is 1. The molecule has 0 bridgehead atoms. The van der Waals surface area contributed by atoms with E-state index in [-0.39, 0.29) is 5.69 Å². The summed E-state index contributed by atoms with van der Waals surface area (Å²) in [7, 11) is 3.40. The number of methoxy groups -OCH3 is 1. The van der Waals surface area contributed by atoms with E-state index in [4.69, 9.17) is 9.84 Å². The number of rotatable bonds is 3. The molecule has 0 saturated carbocycles. The highest BCUT2D eigenvalue weighted by atomic mass is 16.5. The van der Waals surface area contributed by atoms with Crippen molar-refractivity contribution in [2.75, 3.05) is 7.11 Å². The van der Waals surface area contributed by atoms with Crippen molar-refractivity contribution >= 4 is 5.97 Å². The molecule has 0 aliphatic carbocycles. The predicted octanol–water partition coefficient (Wildman–Crippen LogP) is 2.72. The Hall–Kier alpha value is -2.30. The molecule has 1 N–H and O–H groups in total. The highest BCUT2D eigenvalue weighted by molar-refractivity contribution is 5.87. The average molecular weight is 274 g/mol. The van der Waals surface area contributed by atoms with Crippen molar-refractivity contribution in [2.24, 2.45) is 7.05 Å². The van der Waals surface area contributed by atoms with E-state index < -0.39 is 5.97 Å². The van der Waals surface area contributed by atoms with Crippen LogP contribution in [0.4, 0.5) is 0 Å². The molecular formula is C15H18N2O3. The molecule has 106 valence electrons. The Morgan fingerprint density at radius 2 is 1.90 bits per heavy atom. The van der Waals surface area contributed by atoms with Crippen molar-refractivity contribution in [1.29, 1.82) is 0 Å². The van der Waals surface area contributed by atoms with Gasteiger partial charge in [-0.05, 0) is 49.6 Å². The highest BCUT2D eigenvalue weighted by Gasteiger charge is 2.17. The van der Waals surface area contributed by atoms with Crippen molar-refractivity contribution in [3.05, 3.63) is 34.5 Å². The topological polar surface area (TPSA) is 64.3 Å². The molecule has 0 fully saturated rings. The molecular weight excluding hydrogens is 256 g/mol. The standard InChI is InChI=1S/C15H18N2O3/c1-8-6-11(9(2)10(3)14(8)20-5)13-7-12(15(18)19)16-17(13)4/h6-7H,1-5H3,(H,18,19). The first kappa shape index (κ1) is 14.1. The van der Waals surface area contributed by atoms with Crippen molar-refractivity contribution in [3.8, 4) is 17.0 Å². The lowest BCUT2D eigenvalue weighted by molar-refractivity contribution is 0.0689. The Labute approximate surface area is 117 Å². The maximum atomic E-state index is 11.0. The number of carboxylic acid groups (broad SMARTS) is 1. The second-order valence-corrected chi connectivity index (χ2v) is 4.87. The minimum Gasteiger partial charge on any atom is -0.496 e. The Kier molecular flexibility index (Phi) is 3.53. The smallest absolute Gasteiger partial charge is 0.356 e. The van der Waals surface area contributed by atoms with Gasteiger partial charge in [-0.2, -0.15) is 5.10 Å². The third kappa shape index (κ3) is 2.15. The number of carboxylic acids is 1. The molecule has 0 saturated heterocycles. The quantitative estimate of drug-likeness (QED) is 0.934. The van der Waals surface area contributed by atoms with Crippen LogP contribution in [-0.2, 0) is 7.05 Å². The number of nitrogens with zero attached hydrogens (tertiary/aromatic N) is 2. The van der Waals surface area contributed by atoms with E-state index in [9.17, 15) is 4.79 Å². The minimum absolute atomic E-state index is 0.0491. The zero-order valence-electron chi connectivity index (χ0n) is 12.3. The Balaban J connectivity index is 2.67. The maximum Gasteiger partial charge on any atom is 0.356 e. The van der Waals surface area contributed by atoms with Gasteiger partial charge in [0.1, 0.15) is 5.75 Å². The molecule has 5 heteroatoms. The van der Waals surface area contributed by atoms with Crippen LogP contribution in [0, 0.1) is 20.8 Å². The minimum atomic E-state index is -1.02. The summed E-state index contributed by atoms with van der Waals surface area (Å²) < 4.78 is 7.00. The summed E-state index contributed by atoms with van der Waals surface area (Å²) in [4.78, 5) is 11.0. The van der Waals surface area contributed by atoms with Crippen molar-refractivity contribution in [3.63, 3.8) is 0 Å². The zero-order valence-corrected chi connectivity index (χ0v) is 12.3. The number of hydrogen-bond donors (Lipinski definition) is 1. The molecule has 1 aromatic heterocycles. The first-order chi connectivity index (χ1) is 9.36. The van der Waals surface area contributed by atoms with Crippen LogP contribution in [0.3, 0.4) is 0 Å². The van der Waals surface area contributed by atoms with E-state index >= 15 is 0 Å². The van der Waals surface area contributed by atoms with Crippen LogP contribution in [0.5, 0.6) is 5.75 Å². The van der Waals surface area contributed by atoms with Gasteiger partial charge in [0.25, 0.3) is 0 Å². The molecule has 0 aliphatic heterocycles. The summed E-state index contributed by atoms with van der Waals surface area (Å²) in [5.74, 6) is -0.154. The molecule has 0 amide bonds. The van der Waals surface area contributed by atoms with Crippen LogP contribution in [0.1, 0.15) is 27.2 Å². The van der Waals surface area contributed by atoms with Crippen molar-refractivity contribution in [1.82, 2.24) is 9.78 Å². The lowest BCUT2D eigenvalue weighted by Gasteiger charge is -2.15. The first-order valence-corrected chi connectivity index (χ1v) is 6.29. The fraction of sp³-hybridized carbons (Fsp3) is 0.333. The van der Waals surface area contributed by atoms with E-state index in [1.54, 1.807) is 24.9 Å². The summed E-state index contributed by atoms with van der Waals surface area (Å²) in [6, 6.07) is 3.60. The lowest BCUT2D eigenvalue weighted by Crippen LogP contribution is -2.01. The van der Waals surface area contributed by atoms with Gasteiger partial charge in [0.2, 0.25) is 0 Å². The van der Waals surface area contributed by atoms with Gasteiger partial charge in [-0.3, -0.25) is 4.68 Å². The average Bonchev–Trinajstić information content (AvgIpc) is 2.77. The maximum absolute atomic E-state index is 11.0. The van der Waals surface area contributed by atoms with Crippen LogP contribution in [0.15, 0.2) is 12.1 Å². The molecule has 0 unspecified atom stereocenters. The number of aromatic nitrogens is 2. The molecule has 0 atom stereocenters. The third-order valence-corrected chi connectivity index (χ3v) is 3.61. The van der Waals surface area contributed by atoms with Gasteiger partial charge in [0, 0.05) is 12.6 Å². The number of aromatic carboxylic acids is 1. The van der Waals surface area contributed by atoms with Crippen LogP contribution in [-0.4, -0.2) is 28.0 Å². The normalized spacial score (nSPS) is 10.7. The molecule has 2 rings (SSSR count). The third-order valence-electron chi connectivity index (χ3n) is 3.61. The van der Waals surface area contributed by atoms with Gasteiger partial charge < -0.3 is 9.84 Å². The van der Waals surface area contributed by atoms with Crippen LogP contribution >= 0.6 is 0 Å². The molecule has 2 aromatic rings. The van der Waals surface area contributed by atoms with E-state index in [0.717, 1.165) is 33.7 Å². The van der Waals surface area contributed by atoms with E-state index in [1.165, 1.54) is 0 Å². The van der Waals surface area contributed by atoms with Gasteiger partial charge in [0.05, 0.1) is 12.8 Å². The van der Waals surface area contributed by atoms with Crippen LogP contribution < -0.4 is 4.74 Å². The number of benzene rings is 1. The van der Waals surface area contributed by atoms with E-state index in [2.05, 4.69) is 5.10 Å². The SMILES string of the molecule is COc1c(C)cc(-c2cc(C(=O)O)nn2C)c(C)c1C. The summed E-state index contributed by atoms with van der Waals surface area (Å²) >= 11 is 0. The molecule has 5 nitrogen and oxygen atoms in total. The van der Waals surface area contributed by atoms with E-state index in [1.807, 2.05) is 26.8 Å². The van der Waals surface area contributed by atoms with Crippen LogP contribution in [0.2, 0.25) is 0 Å². The van der Waals surface area contributed by atoms with E-state index in [0.29, 0.717) is 0 Å². The summed E-state index contributed by atoms with van der Waals surface area (Å²) in [6.45, 7) is 5.97. The largest absolute Gasteiger partial charge is 0.496 e. The predicted molar refractivity (Wildman–Crippen MR) is 76.4 cm³/mol. The summed E-state index contributed by atoms with van der Waals surface area (Å²) in [6.07, 6.45) is 0. The Bertz CT molecular complexity index is 687. The number of aryl methyl sites for hydroxylation is 2. The molecule has 1 heterocycles. The molecule has 1 aromatic carbocycles. The number of carbonyl (C=O) groups is 1. The first-order valence-electron chi connectivity index (χ1n) is 6.29. The van der Waals surface area contributed by atoms with Gasteiger partial charge >= 0.3 is 5.97 Å². The number of hydrogen-bond acceptors (Lipinski definition) is 3. The van der Waals surface area contributed by atoms with Crippen molar-refractivity contribution in [2.45, 2.75) is 20.8 Å². The van der Waals surface area contributed by atoms with Gasteiger partial charge in [-0.25, -0.2) is 4.79 Å².